The quantitative estimate of drug-likeness (QED) is 0.869. The van der Waals surface area contributed by atoms with Gasteiger partial charge >= 0.3 is 0 Å². The Hall–Kier alpha value is -1.48. The smallest absolute Gasteiger partial charge is 0.118 e. The van der Waals surface area contributed by atoms with E-state index < -0.39 is 0 Å². The lowest BCUT2D eigenvalue weighted by molar-refractivity contribution is -0.919. The van der Waals surface area contributed by atoms with Crippen LogP contribution >= 0.6 is 0 Å². The third kappa shape index (κ3) is 2.15. The molecule has 1 saturated heterocycles. The largest absolute Gasteiger partial charge is 0.342 e. The van der Waals surface area contributed by atoms with Crippen molar-refractivity contribution < 1.29 is 4.90 Å². The number of piperidine rings is 1. The van der Waals surface area contributed by atoms with Gasteiger partial charge in [-0.15, -0.1) is 0 Å². The van der Waals surface area contributed by atoms with Gasteiger partial charge in [0.05, 0.1) is 30.2 Å². The fourth-order valence-electron chi connectivity index (χ4n) is 4.18. The van der Waals surface area contributed by atoms with Gasteiger partial charge < -0.3 is 14.0 Å². The fraction of sp³-hybridized carbons (Fsp3) is 0.556. The molecule has 2 aromatic heterocycles. The molecule has 2 aliphatic heterocycles. The molecule has 1 N–H and O–H groups in total. The lowest BCUT2D eigenvalue weighted by Gasteiger charge is -2.26. The molecule has 3 nitrogen and oxygen atoms in total. The maximum Gasteiger partial charge on any atom is 0.118 e. The molecule has 4 heterocycles. The van der Waals surface area contributed by atoms with Crippen LogP contribution in [0.1, 0.15) is 36.2 Å². The maximum absolute atomic E-state index is 2.59. The molecule has 0 radical (unpaired) electrons. The molecule has 112 valence electrons. The molecule has 0 aromatic carbocycles. The predicted octanol–water partition coefficient (Wildman–Crippen LogP) is 2.16. The number of hydrogen-bond acceptors (Lipinski definition) is 0. The first-order valence-electron chi connectivity index (χ1n) is 8.43. The number of fused-ring (bicyclic) bond motifs is 3. The van der Waals surface area contributed by atoms with Crippen molar-refractivity contribution in [2.45, 2.75) is 52.7 Å². The lowest BCUT2D eigenvalue weighted by atomic mass is 10.1. The Morgan fingerprint density at radius 1 is 0.952 bits per heavy atom. The van der Waals surface area contributed by atoms with E-state index >= 15 is 0 Å². The molecular formula is C18H26N3+. The van der Waals surface area contributed by atoms with Crippen molar-refractivity contribution in [1.29, 1.82) is 0 Å². The molecule has 0 unspecified atom stereocenters. The van der Waals surface area contributed by atoms with Crippen LogP contribution in [-0.2, 0) is 19.6 Å². The summed E-state index contributed by atoms with van der Waals surface area (Å²) in [6, 6.07) is 6.95. The molecule has 0 amide bonds. The van der Waals surface area contributed by atoms with Crippen LogP contribution in [0.5, 0.6) is 0 Å². The van der Waals surface area contributed by atoms with E-state index in [9.17, 15) is 0 Å². The van der Waals surface area contributed by atoms with Crippen molar-refractivity contribution >= 4 is 0 Å². The summed E-state index contributed by atoms with van der Waals surface area (Å²) in [5, 5.41) is 0. The van der Waals surface area contributed by atoms with Crippen molar-refractivity contribution in [2.24, 2.45) is 0 Å². The molecule has 0 atom stereocenters. The van der Waals surface area contributed by atoms with E-state index in [2.05, 4.69) is 41.2 Å². The van der Waals surface area contributed by atoms with Crippen molar-refractivity contribution in [3.8, 4) is 11.4 Å². The van der Waals surface area contributed by atoms with Crippen molar-refractivity contribution in [1.82, 2.24) is 9.13 Å². The van der Waals surface area contributed by atoms with Crippen LogP contribution in [0.25, 0.3) is 11.4 Å². The average Bonchev–Trinajstić information content (AvgIpc) is 3.02. The summed E-state index contributed by atoms with van der Waals surface area (Å²) in [6.45, 7) is 10.7. The Kier molecular flexibility index (Phi) is 3.18. The third-order valence-electron chi connectivity index (χ3n) is 5.41. The maximum atomic E-state index is 2.59. The molecule has 4 rings (SSSR count). The molecule has 21 heavy (non-hydrogen) atoms. The van der Waals surface area contributed by atoms with Crippen LogP contribution in [0, 0.1) is 13.8 Å². The van der Waals surface area contributed by atoms with Gasteiger partial charge in [-0.1, -0.05) is 0 Å². The number of hydrogen-bond donors (Lipinski definition) is 1. The second kappa shape index (κ2) is 5.06. The Morgan fingerprint density at radius 2 is 1.71 bits per heavy atom. The first-order valence-corrected chi connectivity index (χ1v) is 8.43. The monoisotopic (exact) mass is 284 g/mol. The normalized spacial score (nSPS) is 18.6. The summed E-state index contributed by atoms with van der Waals surface area (Å²) in [5.41, 5.74) is 7.28. The number of aromatic nitrogens is 2. The highest BCUT2D eigenvalue weighted by Gasteiger charge is 2.24. The van der Waals surface area contributed by atoms with Crippen molar-refractivity contribution in [2.75, 3.05) is 13.1 Å². The van der Waals surface area contributed by atoms with Gasteiger partial charge in [0.1, 0.15) is 6.54 Å². The number of rotatable bonds is 2. The zero-order valence-corrected chi connectivity index (χ0v) is 13.3. The number of aryl methyl sites for hydroxylation is 2. The van der Waals surface area contributed by atoms with E-state index in [0.717, 1.165) is 13.1 Å². The fourth-order valence-corrected chi connectivity index (χ4v) is 4.18. The third-order valence-corrected chi connectivity index (χ3v) is 5.41. The summed E-state index contributed by atoms with van der Waals surface area (Å²) >= 11 is 0. The minimum atomic E-state index is 1.12. The van der Waals surface area contributed by atoms with E-state index in [4.69, 9.17) is 0 Å². The highest BCUT2D eigenvalue weighted by Crippen LogP contribution is 2.31. The van der Waals surface area contributed by atoms with Gasteiger partial charge in [0.15, 0.2) is 0 Å². The number of quaternary nitrogens is 1. The number of nitrogens with zero attached hydrogens (tertiary/aromatic N) is 2. The topological polar surface area (TPSA) is 14.3 Å². The SMILES string of the molecule is Cc1cc2n(c1C[NH+]1CCCCC1)CCn1c(C)ccc1-2. The second-order valence-electron chi connectivity index (χ2n) is 6.81. The first-order chi connectivity index (χ1) is 10.2. The molecule has 0 saturated carbocycles. The van der Waals surface area contributed by atoms with Crippen molar-refractivity contribution in [3.63, 3.8) is 0 Å². The number of nitrogens with one attached hydrogen (secondary N) is 1. The van der Waals surface area contributed by atoms with Gasteiger partial charge in [-0.05, 0) is 56.9 Å². The van der Waals surface area contributed by atoms with Gasteiger partial charge in [0.25, 0.3) is 0 Å². The van der Waals surface area contributed by atoms with Crippen LogP contribution < -0.4 is 4.90 Å². The van der Waals surface area contributed by atoms with E-state index in [0.29, 0.717) is 0 Å². The molecule has 1 fully saturated rings. The van der Waals surface area contributed by atoms with E-state index in [-0.39, 0.29) is 0 Å². The van der Waals surface area contributed by atoms with Crippen LogP contribution in [0.15, 0.2) is 18.2 Å². The Morgan fingerprint density at radius 3 is 2.52 bits per heavy atom. The summed E-state index contributed by atoms with van der Waals surface area (Å²) in [6.07, 6.45) is 4.25. The zero-order valence-electron chi connectivity index (χ0n) is 13.3. The van der Waals surface area contributed by atoms with Gasteiger partial charge in [-0.2, -0.15) is 0 Å². The summed E-state index contributed by atoms with van der Waals surface area (Å²) in [4.78, 5) is 1.78. The predicted molar refractivity (Wildman–Crippen MR) is 85.6 cm³/mol. The summed E-state index contributed by atoms with van der Waals surface area (Å²) in [5.74, 6) is 0. The van der Waals surface area contributed by atoms with Crippen molar-refractivity contribution in [3.05, 3.63) is 35.2 Å². The van der Waals surface area contributed by atoms with Crippen LogP contribution in [0.2, 0.25) is 0 Å². The van der Waals surface area contributed by atoms with Gasteiger partial charge in [-0.25, -0.2) is 0 Å². The van der Waals surface area contributed by atoms with E-state index in [1.807, 2.05) is 0 Å². The van der Waals surface area contributed by atoms with Gasteiger partial charge in [-0.3, -0.25) is 0 Å². The van der Waals surface area contributed by atoms with Crippen LogP contribution in [0.4, 0.5) is 0 Å². The standard InChI is InChI=1S/C18H25N3/c1-14-12-17-16-7-6-15(2)20(16)10-11-21(17)18(14)13-19-8-4-3-5-9-19/h6-7,12H,3-5,8-11,13H2,1-2H3/p+1. The van der Waals surface area contributed by atoms with E-state index in [1.165, 1.54) is 61.5 Å². The molecule has 2 aliphatic rings. The van der Waals surface area contributed by atoms with Gasteiger partial charge in [0.2, 0.25) is 0 Å². The van der Waals surface area contributed by atoms with Crippen LogP contribution in [0.3, 0.4) is 0 Å². The molecule has 2 aromatic rings. The van der Waals surface area contributed by atoms with Crippen LogP contribution in [-0.4, -0.2) is 22.2 Å². The Labute approximate surface area is 127 Å². The molecular weight excluding hydrogens is 258 g/mol. The number of likely N-dealkylation sites (tertiary alicyclic amines) is 1. The molecule has 3 heteroatoms. The molecule has 0 aliphatic carbocycles. The van der Waals surface area contributed by atoms with E-state index in [1.54, 1.807) is 10.6 Å². The Balaban J connectivity index is 1.69. The van der Waals surface area contributed by atoms with Gasteiger partial charge in [0, 0.05) is 18.8 Å². The summed E-state index contributed by atoms with van der Waals surface area (Å²) in [7, 11) is 0. The minimum absolute atomic E-state index is 1.12. The Bertz CT molecular complexity index is 656. The summed E-state index contributed by atoms with van der Waals surface area (Å²) < 4.78 is 5.05. The lowest BCUT2D eigenvalue weighted by Crippen LogP contribution is -3.11. The zero-order chi connectivity index (χ0) is 14.4. The average molecular weight is 284 g/mol. The highest BCUT2D eigenvalue weighted by atomic mass is 15.2. The second-order valence-corrected chi connectivity index (χ2v) is 6.81. The first kappa shape index (κ1) is 13.2. The minimum Gasteiger partial charge on any atom is -0.342 e. The molecule has 0 bridgehead atoms. The highest BCUT2D eigenvalue weighted by molar-refractivity contribution is 5.61. The molecule has 0 spiro atoms.